The quantitative estimate of drug-likeness (QED) is 0.818. The van der Waals surface area contributed by atoms with Crippen LogP contribution in [0.15, 0.2) is 30.3 Å². The summed E-state index contributed by atoms with van der Waals surface area (Å²) in [5.41, 5.74) is -1.39. The average Bonchev–Trinajstić information content (AvgIpc) is 2.82. The van der Waals surface area contributed by atoms with Gasteiger partial charge in [0.25, 0.3) is 0 Å². The highest BCUT2D eigenvalue weighted by molar-refractivity contribution is 5.77. The van der Waals surface area contributed by atoms with Crippen LogP contribution in [0.2, 0.25) is 0 Å². The molecule has 0 heterocycles. The SMILES string of the molecule is O=C([O-])C(O)(c1ccccc1)C1CCCC1. The van der Waals surface area contributed by atoms with Crippen molar-refractivity contribution in [1.29, 1.82) is 0 Å². The predicted molar refractivity (Wildman–Crippen MR) is 57.3 cm³/mol. The first-order valence-corrected chi connectivity index (χ1v) is 5.65. The molecule has 0 spiro atoms. The molecule has 3 heteroatoms. The Kier molecular flexibility index (Phi) is 2.97. The van der Waals surface area contributed by atoms with E-state index in [0.29, 0.717) is 5.56 Å². The fourth-order valence-electron chi connectivity index (χ4n) is 2.56. The lowest BCUT2D eigenvalue weighted by atomic mass is 9.80. The molecule has 16 heavy (non-hydrogen) atoms. The van der Waals surface area contributed by atoms with Gasteiger partial charge < -0.3 is 15.0 Å². The van der Waals surface area contributed by atoms with Gasteiger partial charge in [0.1, 0.15) is 5.60 Å². The summed E-state index contributed by atoms with van der Waals surface area (Å²) in [6.07, 6.45) is 3.46. The van der Waals surface area contributed by atoms with Crippen LogP contribution in [0.1, 0.15) is 31.2 Å². The molecule has 86 valence electrons. The summed E-state index contributed by atoms with van der Waals surface area (Å²) in [5.74, 6) is -1.61. The standard InChI is InChI=1S/C13H16O3/c14-12(15)13(16,11-8-4-5-9-11)10-6-2-1-3-7-10/h1-3,6-7,11,16H,4-5,8-9H2,(H,14,15)/p-1. The maximum absolute atomic E-state index is 11.2. The fourth-order valence-corrected chi connectivity index (χ4v) is 2.56. The highest BCUT2D eigenvalue weighted by Gasteiger charge is 2.41. The molecule has 1 fully saturated rings. The van der Waals surface area contributed by atoms with Crippen molar-refractivity contribution in [2.45, 2.75) is 31.3 Å². The zero-order valence-electron chi connectivity index (χ0n) is 9.06. The van der Waals surface area contributed by atoms with Gasteiger partial charge >= 0.3 is 0 Å². The molecule has 1 unspecified atom stereocenters. The van der Waals surface area contributed by atoms with Crippen molar-refractivity contribution in [3.8, 4) is 0 Å². The minimum atomic E-state index is -1.82. The molecule has 1 saturated carbocycles. The van der Waals surface area contributed by atoms with Crippen molar-refractivity contribution in [3.63, 3.8) is 0 Å². The van der Waals surface area contributed by atoms with Crippen molar-refractivity contribution in [2.24, 2.45) is 5.92 Å². The Hall–Kier alpha value is -1.35. The summed E-state index contributed by atoms with van der Waals surface area (Å²) in [4.78, 5) is 11.2. The summed E-state index contributed by atoms with van der Waals surface area (Å²) < 4.78 is 0. The highest BCUT2D eigenvalue weighted by atomic mass is 16.4. The van der Waals surface area contributed by atoms with Crippen LogP contribution in [-0.4, -0.2) is 11.1 Å². The second-order valence-corrected chi connectivity index (χ2v) is 4.40. The Labute approximate surface area is 94.7 Å². The number of carboxylic acids is 1. The molecule has 0 aliphatic heterocycles. The normalized spacial score (nSPS) is 20.6. The van der Waals surface area contributed by atoms with Gasteiger partial charge in [0.2, 0.25) is 0 Å². The van der Waals surface area contributed by atoms with Crippen LogP contribution < -0.4 is 5.11 Å². The Bertz CT molecular complexity index is 368. The number of rotatable bonds is 3. The van der Waals surface area contributed by atoms with Crippen molar-refractivity contribution in [1.82, 2.24) is 0 Å². The second kappa shape index (κ2) is 4.26. The molecule has 0 radical (unpaired) electrons. The minimum absolute atomic E-state index is 0.222. The zero-order chi connectivity index (χ0) is 11.6. The van der Waals surface area contributed by atoms with E-state index in [1.54, 1.807) is 30.3 Å². The third-order valence-electron chi connectivity index (χ3n) is 3.47. The average molecular weight is 219 g/mol. The van der Waals surface area contributed by atoms with Crippen LogP contribution in [0, 0.1) is 5.92 Å². The van der Waals surface area contributed by atoms with Gasteiger partial charge in [-0.15, -0.1) is 0 Å². The van der Waals surface area contributed by atoms with E-state index < -0.39 is 11.6 Å². The molecule has 1 aliphatic carbocycles. The Morgan fingerprint density at radius 1 is 1.25 bits per heavy atom. The molecule has 3 nitrogen and oxygen atoms in total. The maximum Gasteiger partial charge on any atom is 0.132 e. The van der Waals surface area contributed by atoms with Gasteiger partial charge in [-0.25, -0.2) is 0 Å². The zero-order valence-corrected chi connectivity index (χ0v) is 9.06. The van der Waals surface area contributed by atoms with E-state index >= 15 is 0 Å². The topological polar surface area (TPSA) is 60.4 Å². The molecule has 0 bridgehead atoms. The lowest BCUT2D eigenvalue weighted by Crippen LogP contribution is -2.50. The van der Waals surface area contributed by atoms with Crippen molar-refractivity contribution < 1.29 is 15.0 Å². The van der Waals surface area contributed by atoms with E-state index in [-0.39, 0.29) is 5.92 Å². The van der Waals surface area contributed by atoms with Crippen LogP contribution in [0.25, 0.3) is 0 Å². The number of carbonyl (C=O) groups is 1. The van der Waals surface area contributed by atoms with Gasteiger partial charge in [-0.2, -0.15) is 0 Å². The predicted octanol–water partition coefficient (Wildman–Crippen LogP) is 0.814. The number of aliphatic hydroxyl groups is 1. The molecular weight excluding hydrogens is 204 g/mol. The second-order valence-electron chi connectivity index (χ2n) is 4.40. The molecule has 0 amide bonds. The van der Waals surface area contributed by atoms with Gasteiger partial charge in [-0.05, 0) is 24.3 Å². The van der Waals surface area contributed by atoms with Crippen LogP contribution >= 0.6 is 0 Å². The molecule has 1 aromatic carbocycles. The first kappa shape index (κ1) is 11.1. The number of benzene rings is 1. The smallest absolute Gasteiger partial charge is 0.132 e. The van der Waals surface area contributed by atoms with E-state index in [4.69, 9.17) is 0 Å². The first-order valence-electron chi connectivity index (χ1n) is 5.65. The van der Waals surface area contributed by atoms with Crippen LogP contribution in [-0.2, 0) is 10.4 Å². The molecule has 1 N–H and O–H groups in total. The minimum Gasteiger partial charge on any atom is -0.547 e. The van der Waals surface area contributed by atoms with E-state index in [0.717, 1.165) is 25.7 Å². The van der Waals surface area contributed by atoms with Crippen molar-refractivity contribution >= 4 is 5.97 Å². The summed E-state index contributed by atoms with van der Waals surface area (Å²) in [6.45, 7) is 0. The highest BCUT2D eigenvalue weighted by Crippen LogP contribution is 2.40. The van der Waals surface area contributed by atoms with E-state index in [2.05, 4.69) is 0 Å². The van der Waals surface area contributed by atoms with Crippen LogP contribution in [0.5, 0.6) is 0 Å². The van der Waals surface area contributed by atoms with E-state index in [1.165, 1.54) is 0 Å². The largest absolute Gasteiger partial charge is 0.547 e. The fraction of sp³-hybridized carbons (Fsp3) is 0.462. The number of aliphatic carboxylic acids is 1. The van der Waals surface area contributed by atoms with Gasteiger partial charge in [0, 0.05) is 0 Å². The Morgan fingerprint density at radius 3 is 2.31 bits per heavy atom. The first-order chi connectivity index (χ1) is 7.65. The van der Waals surface area contributed by atoms with Crippen LogP contribution in [0.3, 0.4) is 0 Å². The van der Waals surface area contributed by atoms with E-state index in [9.17, 15) is 15.0 Å². The molecule has 0 saturated heterocycles. The molecule has 1 aromatic rings. The number of hydrogen-bond acceptors (Lipinski definition) is 3. The summed E-state index contributed by atoms with van der Waals surface area (Å²) in [7, 11) is 0. The molecular formula is C13H15O3-. The third-order valence-corrected chi connectivity index (χ3v) is 3.47. The van der Waals surface area contributed by atoms with Crippen molar-refractivity contribution in [2.75, 3.05) is 0 Å². The number of carboxylic acid groups (broad SMARTS) is 1. The Morgan fingerprint density at radius 2 is 1.81 bits per heavy atom. The van der Waals surface area contributed by atoms with E-state index in [1.807, 2.05) is 0 Å². The number of carbonyl (C=O) groups excluding carboxylic acids is 1. The van der Waals surface area contributed by atoms with Gasteiger partial charge in [-0.3, -0.25) is 0 Å². The molecule has 1 aliphatic rings. The lowest BCUT2D eigenvalue weighted by Gasteiger charge is -2.35. The lowest BCUT2D eigenvalue weighted by molar-refractivity contribution is -0.330. The Balaban J connectivity index is 2.39. The molecule has 1 atom stereocenters. The van der Waals surface area contributed by atoms with Crippen LogP contribution in [0.4, 0.5) is 0 Å². The summed E-state index contributed by atoms with van der Waals surface area (Å²) >= 11 is 0. The van der Waals surface area contributed by atoms with Gasteiger partial charge in [-0.1, -0.05) is 43.2 Å². The third kappa shape index (κ3) is 1.71. The number of hydrogen-bond donors (Lipinski definition) is 1. The van der Waals surface area contributed by atoms with Gasteiger partial charge in [0.15, 0.2) is 0 Å². The summed E-state index contributed by atoms with van der Waals surface area (Å²) in [6, 6.07) is 8.56. The van der Waals surface area contributed by atoms with Crippen molar-refractivity contribution in [3.05, 3.63) is 35.9 Å². The molecule has 0 aromatic heterocycles. The monoisotopic (exact) mass is 219 g/mol. The molecule has 2 rings (SSSR count). The summed E-state index contributed by atoms with van der Waals surface area (Å²) in [5, 5.41) is 21.6. The van der Waals surface area contributed by atoms with Gasteiger partial charge in [0.05, 0.1) is 5.97 Å². The maximum atomic E-state index is 11.2.